The molecular weight excluding hydrogens is 802 g/mol. The molecule has 17 nitrogen and oxygen atoms in total. The molecule has 5 rings (SSSR count). The fraction of sp³-hybridized carbons (Fsp3) is 0.258. The van der Waals surface area contributed by atoms with E-state index in [4.69, 9.17) is 0 Å². The molecule has 1 saturated heterocycles. The number of fused-ring (bicyclic) bond motifs is 2. The molecule has 0 aliphatic carbocycles. The molecule has 0 atom stereocenters. The van der Waals surface area contributed by atoms with Crippen LogP contribution in [0.2, 0.25) is 0 Å². The van der Waals surface area contributed by atoms with Gasteiger partial charge in [-0.25, -0.2) is 30.0 Å². The summed E-state index contributed by atoms with van der Waals surface area (Å²) in [5.74, 6) is -1.59. The van der Waals surface area contributed by atoms with Crippen molar-refractivity contribution in [2.75, 3.05) is 0 Å². The molecule has 1 heterocycles. The van der Waals surface area contributed by atoms with Crippen molar-refractivity contribution in [2.45, 2.75) is 54.7 Å². The maximum absolute atomic E-state index is 11.8. The zero-order valence-corrected chi connectivity index (χ0v) is 38.4. The Balaban J connectivity index is 0.000000654. The zero-order chi connectivity index (χ0) is 38.1. The summed E-state index contributed by atoms with van der Waals surface area (Å²) in [6.07, 6.45) is 1.67. The molecule has 0 bridgehead atoms. The Kier molecular flexibility index (Phi) is 18.1. The van der Waals surface area contributed by atoms with Crippen LogP contribution in [-0.2, 0) is 39.9 Å². The van der Waals surface area contributed by atoms with Gasteiger partial charge < -0.3 is 18.8 Å². The summed E-state index contributed by atoms with van der Waals surface area (Å²) in [5.41, 5.74) is -1.58. The molecular formula is C31H29N4Na3O13S3. The van der Waals surface area contributed by atoms with Crippen molar-refractivity contribution in [3.63, 3.8) is 0 Å². The molecule has 0 radical (unpaired) electrons. The van der Waals surface area contributed by atoms with Crippen LogP contribution in [0, 0.1) is 11.3 Å². The molecule has 0 aromatic heterocycles. The van der Waals surface area contributed by atoms with Crippen LogP contribution >= 0.6 is 0 Å². The monoisotopic (exact) mass is 830 g/mol. The molecule has 4 aromatic carbocycles. The number of barbiturate groups is 1. The number of phenols is 1. The Morgan fingerprint density at radius 2 is 1.28 bits per heavy atom. The summed E-state index contributed by atoms with van der Waals surface area (Å²) in [6, 6.07) is 10.8. The van der Waals surface area contributed by atoms with Gasteiger partial charge in [-0.15, -0.1) is 10.2 Å². The van der Waals surface area contributed by atoms with Gasteiger partial charge in [0, 0.05) is 16.2 Å². The van der Waals surface area contributed by atoms with E-state index in [2.05, 4.69) is 20.9 Å². The summed E-state index contributed by atoms with van der Waals surface area (Å²) in [4.78, 5) is 32.2. The van der Waals surface area contributed by atoms with Gasteiger partial charge in [-0.3, -0.25) is 20.2 Å². The van der Waals surface area contributed by atoms with Gasteiger partial charge in [0.1, 0.15) is 41.5 Å². The Hall–Kier alpha value is -1.86. The zero-order valence-electron chi connectivity index (χ0n) is 29.9. The first kappa shape index (κ1) is 50.2. The number of hydrogen-bond acceptors (Lipinski definition) is 15. The van der Waals surface area contributed by atoms with Crippen molar-refractivity contribution in [3.05, 3.63) is 60.7 Å². The number of azo groups is 1. The van der Waals surface area contributed by atoms with Crippen LogP contribution in [0.15, 0.2) is 85.6 Å². The number of aromatic hydroxyl groups is 1. The van der Waals surface area contributed by atoms with E-state index in [1.165, 1.54) is 24.3 Å². The van der Waals surface area contributed by atoms with Gasteiger partial charge in [0.15, 0.2) is 5.75 Å². The number of carbonyl (C=O) groups is 3. The summed E-state index contributed by atoms with van der Waals surface area (Å²) in [7, 11) is -15.0. The Bertz CT molecular complexity index is 2440. The normalized spacial score (nSPS) is 14.3. The molecule has 1 fully saturated rings. The first-order valence-electron chi connectivity index (χ1n) is 14.9. The van der Waals surface area contributed by atoms with Crippen molar-refractivity contribution >= 4 is 81.1 Å². The van der Waals surface area contributed by atoms with E-state index in [9.17, 15) is 58.4 Å². The molecule has 0 unspecified atom stereocenters. The average Bonchev–Trinajstić information content (AvgIpc) is 3.02. The molecule has 0 saturated carbocycles. The molecule has 0 spiro atoms. The van der Waals surface area contributed by atoms with Gasteiger partial charge >= 0.3 is 94.7 Å². The number of rotatable bonds is 9. The molecule has 1 aliphatic heterocycles. The first-order chi connectivity index (χ1) is 23.6. The minimum Gasteiger partial charge on any atom is -0.744 e. The van der Waals surface area contributed by atoms with Gasteiger partial charge in [-0.05, 0) is 60.9 Å². The van der Waals surface area contributed by atoms with Gasteiger partial charge in [0.2, 0.25) is 11.8 Å². The van der Waals surface area contributed by atoms with E-state index >= 15 is 0 Å². The Labute approximate surface area is 377 Å². The molecule has 4 amide bonds. The summed E-state index contributed by atoms with van der Waals surface area (Å²) < 4.78 is 104. The smallest absolute Gasteiger partial charge is 0.744 e. The topological polar surface area (TPSA) is 292 Å². The minimum atomic E-state index is -5.27. The van der Waals surface area contributed by atoms with Gasteiger partial charge in [-0.2, -0.15) is 0 Å². The van der Waals surface area contributed by atoms with E-state index in [0.717, 1.165) is 36.8 Å². The number of nitrogens with one attached hydrogen (secondary N) is 2. The molecule has 54 heavy (non-hydrogen) atoms. The second-order valence-electron chi connectivity index (χ2n) is 11.8. The molecule has 1 aliphatic rings. The van der Waals surface area contributed by atoms with E-state index in [0.29, 0.717) is 24.8 Å². The second-order valence-corrected chi connectivity index (χ2v) is 15.8. The Morgan fingerprint density at radius 3 is 1.78 bits per heavy atom. The largest absolute Gasteiger partial charge is 1.00 e. The summed E-state index contributed by atoms with van der Waals surface area (Å²) in [5, 5.41) is 22.5. The van der Waals surface area contributed by atoms with Crippen molar-refractivity contribution < 1.29 is 147 Å². The van der Waals surface area contributed by atoms with E-state index in [1.807, 2.05) is 13.8 Å². The van der Waals surface area contributed by atoms with Crippen LogP contribution in [0.1, 0.15) is 40.0 Å². The van der Waals surface area contributed by atoms with Crippen molar-refractivity contribution in [3.8, 4) is 5.75 Å². The van der Waals surface area contributed by atoms with Crippen molar-refractivity contribution in [1.29, 1.82) is 0 Å². The third-order valence-electron chi connectivity index (χ3n) is 8.04. The maximum atomic E-state index is 11.8. The SMILES string of the molecule is CCC1(CCC(C)C)C(=O)NC(=O)NC1=O.O=S(=O)([O-])c1ccc2c(/N=N/c3ccc(S(=O)(=O)[O-])c4ccccc34)c(O)c(S(=O)(=O)[O-])cc2c1.[Na+].[Na+].[Na+]. The number of phenolic OH excluding ortho intramolecular Hbond substituents is 1. The van der Waals surface area contributed by atoms with Gasteiger partial charge in [0.05, 0.1) is 20.4 Å². The van der Waals surface area contributed by atoms with Crippen LogP contribution in [0.25, 0.3) is 21.5 Å². The van der Waals surface area contributed by atoms with Crippen LogP contribution in [0.4, 0.5) is 16.2 Å². The third kappa shape index (κ3) is 11.4. The number of imide groups is 2. The number of urea groups is 1. The van der Waals surface area contributed by atoms with E-state index < -0.39 is 79.7 Å². The van der Waals surface area contributed by atoms with Crippen molar-refractivity contribution in [2.24, 2.45) is 21.6 Å². The molecule has 4 aromatic rings. The summed E-state index contributed by atoms with van der Waals surface area (Å²) in [6.45, 7) is 5.86. The number of nitrogens with zero attached hydrogens (tertiary/aromatic N) is 2. The van der Waals surface area contributed by atoms with Gasteiger partial charge in [0.25, 0.3) is 0 Å². The summed E-state index contributed by atoms with van der Waals surface area (Å²) >= 11 is 0. The minimum absolute atomic E-state index is 0. The van der Waals surface area contributed by atoms with E-state index in [1.54, 1.807) is 6.92 Å². The number of amides is 4. The van der Waals surface area contributed by atoms with Crippen LogP contribution < -0.4 is 99.3 Å². The molecule has 23 heteroatoms. The number of hydrogen-bond donors (Lipinski definition) is 3. The second kappa shape index (κ2) is 19.5. The predicted molar refractivity (Wildman–Crippen MR) is 176 cm³/mol. The standard InChI is InChI=1S/C20H14N2O10S3.C11H18N2O3.3Na/c23-20-18(35(30,31)32)10-11-9-12(33(24,25)26)5-6-13(11)19(20)22-21-16-7-8-17(34(27,28)29)15-4-2-1-3-14(15)16;1-4-11(6-5-7(2)3)8(14)12-10(16)13-9(11)15;;;/h1-10,23H,(H,24,25,26)(H,27,28,29)(H,30,31,32);7H,4-6H2,1-3H3,(H2,12,13,14,15,16);;;/q;;3*+1/p-3/b22-21+;;;;. The average molecular weight is 831 g/mol. The van der Waals surface area contributed by atoms with E-state index in [-0.39, 0.29) is 116 Å². The molecule has 3 N–H and O–H groups in total. The maximum Gasteiger partial charge on any atom is 1.00 e. The Morgan fingerprint density at radius 1 is 0.722 bits per heavy atom. The fourth-order valence-corrected chi connectivity index (χ4v) is 7.07. The number of carbonyl (C=O) groups excluding carboxylic acids is 3. The van der Waals surface area contributed by atoms with Crippen LogP contribution in [0.5, 0.6) is 5.75 Å². The molecule has 272 valence electrons. The van der Waals surface area contributed by atoms with Crippen LogP contribution in [0.3, 0.4) is 0 Å². The quantitative estimate of drug-likeness (QED) is 0.0618. The third-order valence-corrected chi connectivity index (χ3v) is 10.6. The van der Waals surface area contributed by atoms with Crippen molar-refractivity contribution in [1.82, 2.24) is 10.6 Å². The van der Waals surface area contributed by atoms with Crippen LogP contribution in [-0.4, -0.2) is 61.9 Å². The first-order valence-corrected chi connectivity index (χ1v) is 19.1. The number of benzene rings is 4. The van der Waals surface area contributed by atoms with Gasteiger partial charge in [-0.1, -0.05) is 51.1 Å². The fourth-order valence-electron chi connectivity index (χ4n) is 5.28. The predicted octanol–water partition coefficient (Wildman–Crippen LogP) is -4.98.